The van der Waals surface area contributed by atoms with Gasteiger partial charge in [-0.1, -0.05) is 23.2 Å². The predicted octanol–water partition coefficient (Wildman–Crippen LogP) is 3.79. The van der Waals surface area contributed by atoms with Gasteiger partial charge in [0.15, 0.2) is 10.9 Å². The second-order valence-electron chi connectivity index (χ2n) is 5.84. The molecule has 0 fully saturated rings. The van der Waals surface area contributed by atoms with E-state index in [1.807, 2.05) is 0 Å². The fourth-order valence-corrected chi connectivity index (χ4v) is 2.65. The van der Waals surface area contributed by atoms with Crippen LogP contribution in [0.4, 0.5) is 5.69 Å². The average Bonchev–Trinajstić information content (AvgIpc) is 2.69. The third-order valence-electron chi connectivity index (χ3n) is 3.67. The van der Waals surface area contributed by atoms with Crippen molar-refractivity contribution in [1.82, 2.24) is 5.43 Å². The number of hydrogen-bond acceptors (Lipinski definition) is 5. The van der Waals surface area contributed by atoms with Crippen LogP contribution in [0.2, 0.25) is 10.0 Å². The molecule has 0 atom stereocenters. The maximum atomic E-state index is 12.5. The monoisotopic (exact) mass is 452 g/mol. The van der Waals surface area contributed by atoms with E-state index in [2.05, 4.69) is 15.8 Å². The number of nitrogens with zero attached hydrogens (tertiary/aromatic N) is 1. The third-order valence-corrected chi connectivity index (χ3v) is 4.50. The third kappa shape index (κ3) is 7.34. The number of rotatable bonds is 8. The lowest BCUT2D eigenvalue weighted by atomic mass is 10.0. The molecular weight excluding hydrogens is 435 g/mol. The number of ether oxygens (including phenoxy) is 1. The molecule has 0 saturated carbocycles. The fourth-order valence-electron chi connectivity index (χ4n) is 2.30. The Balaban J connectivity index is 2.09. The van der Waals surface area contributed by atoms with Crippen molar-refractivity contribution in [3.8, 4) is 5.75 Å². The number of amides is 1. The van der Waals surface area contributed by atoms with E-state index in [1.54, 1.807) is 36.4 Å². The van der Waals surface area contributed by atoms with Crippen molar-refractivity contribution in [1.29, 1.82) is 0 Å². The maximum absolute atomic E-state index is 12.5. The van der Waals surface area contributed by atoms with E-state index in [4.69, 9.17) is 45.9 Å². The van der Waals surface area contributed by atoms with Gasteiger partial charge in [-0.2, -0.15) is 5.10 Å². The van der Waals surface area contributed by atoms with Crippen molar-refractivity contribution in [2.75, 3.05) is 12.4 Å². The number of thiocarbonyl (C=S) groups is 1. The summed E-state index contributed by atoms with van der Waals surface area (Å²) in [7, 11) is 1.54. The number of carbonyl (C=O) groups excluding carboxylic acids is 2. The molecule has 0 aliphatic rings. The normalized spacial score (nSPS) is 10.9. The van der Waals surface area contributed by atoms with Crippen LogP contribution in [-0.2, 0) is 4.79 Å². The Morgan fingerprint density at radius 1 is 1.10 bits per heavy atom. The number of benzene rings is 2. The lowest BCUT2D eigenvalue weighted by Crippen LogP contribution is -2.27. The number of hydrogen-bond donors (Lipinski definition) is 3. The maximum Gasteiger partial charge on any atom is 0.230 e. The highest BCUT2D eigenvalue weighted by molar-refractivity contribution is 7.80. The van der Waals surface area contributed by atoms with Crippen LogP contribution in [0.3, 0.4) is 0 Å². The van der Waals surface area contributed by atoms with E-state index in [-0.39, 0.29) is 29.4 Å². The first kappa shape index (κ1) is 22.6. The zero-order valence-corrected chi connectivity index (χ0v) is 17.7. The largest absolute Gasteiger partial charge is 0.497 e. The lowest BCUT2D eigenvalue weighted by Gasteiger charge is -2.09. The Hall–Kier alpha value is -2.68. The van der Waals surface area contributed by atoms with Crippen LogP contribution in [-0.4, -0.2) is 29.6 Å². The van der Waals surface area contributed by atoms with Gasteiger partial charge in [0, 0.05) is 11.3 Å². The molecule has 0 unspecified atom stereocenters. The topological polar surface area (TPSA) is 106 Å². The average molecular weight is 453 g/mol. The molecule has 7 nitrogen and oxygen atoms in total. The molecule has 29 heavy (non-hydrogen) atoms. The van der Waals surface area contributed by atoms with Crippen molar-refractivity contribution >= 4 is 63.6 Å². The lowest BCUT2D eigenvalue weighted by molar-refractivity contribution is -0.115. The molecule has 0 bridgehead atoms. The highest BCUT2D eigenvalue weighted by atomic mass is 35.5. The summed E-state index contributed by atoms with van der Waals surface area (Å²) in [5.74, 6) is 0.0134. The molecule has 0 spiro atoms. The van der Waals surface area contributed by atoms with Gasteiger partial charge in [0.2, 0.25) is 5.91 Å². The second kappa shape index (κ2) is 10.8. The summed E-state index contributed by atoms with van der Waals surface area (Å²) in [4.78, 5) is 24.9. The molecule has 10 heteroatoms. The van der Waals surface area contributed by atoms with Crippen LogP contribution in [0.25, 0.3) is 0 Å². The minimum atomic E-state index is -0.394. The molecule has 2 aromatic carbocycles. The van der Waals surface area contributed by atoms with Crippen LogP contribution < -0.4 is 21.2 Å². The number of halogens is 2. The Morgan fingerprint density at radius 3 is 2.38 bits per heavy atom. The number of ketones is 1. The molecule has 2 rings (SSSR count). The zero-order valence-electron chi connectivity index (χ0n) is 15.4. The summed E-state index contributed by atoms with van der Waals surface area (Å²) in [6, 6.07) is 11.3. The van der Waals surface area contributed by atoms with Crippen LogP contribution in [0.15, 0.2) is 47.6 Å². The van der Waals surface area contributed by atoms with Crippen LogP contribution in [0.1, 0.15) is 23.2 Å². The minimum Gasteiger partial charge on any atom is -0.497 e. The first-order valence-electron chi connectivity index (χ1n) is 8.31. The quantitative estimate of drug-likeness (QED) is 0.243. The van der Waals surface area contributed by atoms with Gasteiger partial charge in [-0.25, -0.2) is 0 Å². The summed E-state index contributed by atoms with van der Waals surface area (Å²) >= 11 is 16.5. The number of nitrogens with two attached hydrogens (primary N) is 1. The van der Waals surface area contributed by atoms with Crippen molar-refractivity contribution in [3.05, 3.63) is 58.1 Å². The first-order chi connectivity index (χ1) is 13.8. The smallest absolute Gasteiger partial charge is 0.230 e. The van der Waals surface area contributed by atoms with Gasteiger partial charge < -0.3 is 15.8 Å². The number of carbonyl (C=O) groups is 2. The molecule has 0 radical (unpaired) electrons. The highest BCUT2D eigenvalue weighted by Crippen LogP contribution is 2.25. The SMILES string of the molecule is COc1ccc(C(=O)CC(CC(=O)Nc2ccc(Cl)c(Cl)c2)=NNC(N)=S)cc1. The van der Waals surface area contributed by atoms with Gasteiger partial charge in [-0.3, -0.25) is 15.0 Å². The van der Waals surface area contributed by atoms with Crippen molar-refractivity contribution in [2.45, 2.75) is 12.8 Å². The van der Waals surface area contributed by atoms with Crippen molar-refractivity contribution in [3.63, 3.8) is 0 Å². The van der Waals surface area contributed by atoms with Gasteiger partial charge in [0.05, 0.1) is 35.7 Å². The van der Waals surface area contributed by atoms with Crippen LogP contribution in [0, 0.1) is 0 Å². The summed E-state index contributed by atoms with van der Waals surface area (Å²) in [5, 5.41) is 7.26. The molecule has 1 amide bonds. The first-order valence-corrected chi connectivity index (χ1v) is 9.48. The Kier molecular flexibility index (Phi) is 8.38. The van der Waals surface area contributed by atoms with Crippen LogP contribution in [0.5, 0.6) is 5.75 Å². The van der Waals surface area contributed by atoms with Crippen molar-refractivity contribution in [2.24, 2.45) is 10.8 Å². The van der Waals surface area contributed by atoms with Crippen LogP contribution >= 0.6 is 35.4 Å². The Morgan fingerprint density at radius 2 is 1.79 bits per heavy atom. The zero-order chi connectivity index (χ0) is 21.4. The Bertz CT molecular complexity index is 949. The van der Waals surface area contributed by atoms with Gasteiger partial charge >= 0.3 is 0 Å². The van der Waals surface area contributed by atoms with E-state index in [9.17, 15) is 9.59 Å². The van der Waals surface area contributed by atoms with Gasteiger partial charge in [-0.15, -0.1) is 0 Å². The van der Waals surface area contributed by atoms with E-state index in [1.165, 1.54) is 13.2 Å². The van der Waals surface area contributed by atoms with Gasteiger partial charge in [0.25, 0.3) is 0 Å². The predicted molar refractivity (Wildman–Crippen MR) is 119 cm³/mol. The summed E-state index contributed by atoms with van der Waals surface area (Å²) in [6.07, 6.45) is -0.255. The van der Waals surface area contributed by atoms with E-state index in [0.29, 0.717) is 27.0 Å². The number of hydrazone groups is 1. The standard InChI is InChI=1S/C19H18Cl2N4O3S/c1-28-14-5-2-11(3-6-14)17(26)9-13(24-25-19(22)29)10-18(27)23-12-4-7-15(20)16(21)8-12/h2-8H,9-10H2,1H3,(H,23,27)(H3,22,25,29). The molecule has 2 aromatic rings. The van der Waals surface area contributed by atoms with Gasteiger partial charge in [0.1, 0.15) is 5.75 Å². The van der Waals surface area contributed by atoms with E-state index < -0.39 is 5.91 Å². The molecule has 0 aliphatic heterocycles. The summed E-state index contributed by atoms with van der Waals surface area (Å²) in [6.45, 7) is 0. The number of anilines is 1. The van der Waals surface area contributed by atoms with E-state index >= 15 is 0 Å². The molecule has 0 saturated heterocycles. The summed E-state index contributed by atoms with van der Waals surface area (Å²) < 4.78 is 5.08. The molecule has 0 aromatic heterocycles. The second-order valence-corrected chi connectivity index (χ2v) is 7.09. The fraction of sp³-hybridized carbons (Fsp3) is 0.158. The minimum absolute atomic E-state index is 0.0794. The number of nitrogens with one attached hydrogen (secondary N) is 2. The molecule has 152 valence electrons. The molecule has 0 aliphatic carbocycles. The molecule has 0 heterocycles. The van der Waals surface area contributed by atoms with Crippen molar-refractivity contribution < 1.29 is 14.3 Å². The molecule has 4 N–H and O–H groups in total. The Labute approximate surface area is 183 Å². The highest BCUT2D eigenvalue weighted by Gasteiger charge is 2.15. The van der Waals surface area contributed by atoms with Gasteiger partial charge in [-0.05, 0) is 54.7 Å². The molecular formula is C19H18Cl2N4O3S. The number of methoxy groups -OCH3 is 1. The summed E-state index contributed by atoms with van der Waals surface area (Å²) in [5.41, 5.74) is 8.98. The van der Waals surface area contributed by atoms with E-state index in [0.717, 1.165) is 0 Å². The number of Topliss-reactive ketones (excluding diaryl/α,β-unsaturated/α-hetero) is 1.